The van der Waals surface area contributed by atoms with Gasteiger partial charge in [-0.2, -0.15) is 0 Å². The van der Waals surface area contributed by atoms with E-state index in [9.17, 15) is 0 Å². The maximum Gasteiger partial charge on any atom is 0.0385 e. The van der Waals surface area contributed by atoms with Crippen molar-refractivity contribution in [2.75, 3.05) is 23.3 Å². The minimum Gasteiger partial charge on any atom is -0.364 e. The third-order valence-corrected chi connectivity index (χ3v) is 4.52. The summed E-state index contributed by atoms with van der Waals surface area (Å²) in [6.45, 7) is 12.9. The van der Waals surface area contributed by atoms with E-state index in [1.54, 1.807) is 12.2 Å². The second-order valence-corrected chi connectivity index (χ2v) is 6.82. The van der Waals surface area contributed by atoms with E-state index in [1.165, 1.54) is 0 Å². The fourth-order valence-corrected chi connectivity index (χ4v) is 2.93. The number of anilines is 2. The SMILES string of the molecule is C=C/C=C\C=C/CN(C/C=C\C(C=C)=C/C=C)c1ccc(NC2=CCC=CC=C2)cc1. The van der Waals surface area contributed by atoms with Gasteiger partial charge in [0.25, 0.3) is 0 Å². The third kappa shape index (κ3) is 9.05. The Bertz CT molecular complexity index is 931. The van der Waals surface area contributed by atoms with E-state index in [0.29, 0.717) is 0 Å². The first-order valence-electron chi connectivity index (χ1n) is 10.5. The van der Waals surface area contributed by atoms with E-state index in [2.05, 4.69) is 103 Å². The van der Waals surface area contributed by atoms with Crippen LogP contribution in [0.1, 0.15) is 6.42 Å². The highest BCUT2D eigenvalue weighted by atomic mass is 15.1. The largest absolute Gasteiger partial charge is 0.364 e. The first kappa shape index (κ1) is 23.5. The van der Waals surface area contributed by atoms with Crippen molar-refractivity contribution in [3.8, 4) is 0 Å². The van der Waals surface area contributed by atoms with Gasteiger partial charge in [-0.3, -0.25) is 0 Å². The molecule has 0 saturated carbocycles. The number of hydrogen-bond acceptors (Lipinski definition) is 2. The molecule has 1 aliphatic rings. The average Bonchev–Trinajstić information content (AvgIpc) is 3.06. The van der Waals surface area contributed by atoms with Crippen molar-refractivity contribution in [1.29, 1.82) is 0 Å². The highest BCUT2D eigenvalue weighted by Crippen LogP contribution is 2.20. The Morgan fingerprint density at radius 3 is 2.48 bits per heavy atom. The lowest BCUT2D eigenvalue weighted by atomic mass is 10.2. The van der Waals surface area contributed by atoms with Crippen molar-refractivity contribution in [1.82, 2.24) is 0 Å². The Morgan fingerprint density at radius 1 is 0.935 bits per heavy atom. The average molecular weight is 409 g/mol. The van der Waals surface area contributed by atoms with Crippen molar-refractivity contribution in [3.05, 3.63) is 146 Å². The van der Waals surface area contributed by atoms with E-state index in [0.717, 1.165) is 42.2 Å². The molecule has 0 spiro atoms. The summed E-state index contributed by atoms with van der Waals surface area (Å²) in [7, 11) is 0. The molecule has 0 heterocycles. The maximum atomic E-state index is 3.85. The van der Waals surface area contributed by atoms with E-state index >= 15 is 0 Å². The normalized spacial score (nSPS) is 14.1. The predicted molar refractivity (Wildman–Crippen MR) is 139 cm³/mol. The van der Waals surface area contributed by atoms with Crippen LogP contribution in [-0.4, -0.2) is 13.1 Å². The monoisotopic (exact) mass is 408 g/mol. The molecule has 2 nitrogen and oxygen atoms in total. The van der Waals surface area contributed by atoms with Crippen LogP contribution in [0.2, 0.25) is 0 Å². The van der Waals surface area contributed by atoms with Crippen molar-refractivity contribution in [3.63, 3.8) is 0 Å². The molecule has 2 heteroatoms. The van der Waals surface area contributed by atoms with E-state index < -0.39 is 0 Å². The van der Waals surface area contributed by atoms with Gasteiger partial charge in [0.15, 0.2) is 0 Å². The lowest BCUT2D eigenvalue weighted by Gasteiger charge is -2.22. The lowest BCUT2D eigenvalue weighted by Crippen LogP contribution is -2.23. The van der Waals surface area contributed by atoms with Gasteiger partial charge in [-0.25, -0.2) is 0 Å². The van der Waals surface area contributed by atoms with Crippen LogP contribution in [-0.2, 0) is 0 Å². The molecule has 0 bridgehead atoms. The molecule has 1 aromatic rings. The summed E-state index contributed by atoms with van der Waals surface area (Å²) in [5.74, 6) is 0. The summed E-state index contributed by atoms with van der Waals surface area (Å²) in [4.78, 5) is 2.31. The standard InChI is InChI=1S/C29H32N2/c1-4-7-8-11-14-24-31(25-15-17-26(6-3)16-5-2)29-22-20-28(21-23-29)30-27-18-12-9-10-13-19-27/h4-12,14-23,30H,1-3,13,24-25H2/b8-7-,14-11-,17-15-,26-16-. The first-order chi connectivity index (χ1) is 15.3. The molecule has 0 aromatic heterocycles. The Morgan fingerprint density at radius 2 is 1.74 bits per heavy atom. The fourth-order valence-electron chi connectivity index (χ4n) is 2.93. The molecule has 1 N–H and O–H groups in total. The lowest BCUT2D eigenvalue weighted by molar-refractivity contribution is 0.953. The third-order valence-electron chi connectivity index (χ3n) is 4.52. The van der Waals surface area contributed by atoms with Crippen LogP contribution in [0.3, 0.4) is 0 Å². The minimum atomic E-state index is 0.782. The smallest absolute Gasteiger partial charge is 0.0385 e. The Labute approximate surface area is 187 Å². The Balaban J connectivity index is 2.11. The first-order valence-corrected chi connectivity index (χ1v) is 10.5. The minimum absolute atomic E-state index is 0.782. The number of benzene rings is 1. The van der Waals surface area contributed by atoms with Crippen LogP contribution in [0, 0.1) is 0 Å². The molecule has 0 aliphatic heterocycles. The van der Waals surface area contributed by atoms with Crippen LogP contribution >= 0.6 is 0 Å². The second-order valence-electron chi connectivity index (χ2n) is 6.82. The summed E-state index contributed by atoms with van der Waals surface area (Å²) < 4.78 is 0. The quantitative estimate of drug-likeness (QED) is 0.361. The molecule has 1 aromatic carbocycles. The molecule has 1 aliphatic carbocycles. The van der Waals surface area contributed by atoms with Crippen LogP contribution in [0.5, 0.6) is 0 Å². The van der Waals surface area contributed by atoms with Crippen LogP contribution in [0.25, 0.3) is 0 Å². The van der Waals surface area contributed by atoms with Crippen LogP contribution < -0.4 is 10.2 Å². The van der Waals surface area contributed by atoms with Gasteiger partial charge in [-0.05, 0) is 42.3 Å². The summed E-state index contributed by atoms with van der Waals surface area (Å²) in [5, 5.41) is 3.47. The van der Waals surface area contributed by atoms with Gasteiger partial charge >= 0.3 is 0 Å². The summed E-state index contributed by atoms with van der Waals surface area (Å²) in [5.41, 5.74) is 4.38. The van der Waals surface area contributed by atoms with E-state index in [-0.39, 0.29) is 0 Å². The zero-order valence-electron chi connectivity index (χ0n) is 18.2. The molecule has 158 valence electrons. The van der Waals surface area contributed by atoms with Crippen LogP contribution in [0.15, 0.2) is 146 Å². The van der Waals surface area contributed by atoms with Gasteiger partial charge in [-0.15, -0.1) is 0 Å². The topological polar surface area (TPSA) is 15.3 Å². The number of nitrogens with zero attached hydrogens (tertiary/aromatic N) is 1. The Kier molecular flexibility index (Phi) is 10.8. The van der Waals surface area contributed by atoms with Gasteiger partial charge in [0.2, 0.25) is 0 Å². The number of nitrogens with one attached hydrogen (secondary N) is 1. The molecule has 0 atom stereocenters. The number of rotatable bonds is 12. The van der Waals surface area contributed by atoms with Gasteiger partial charge in [-0.1, -0.05) is 105 Å². The van der Waals surface area contributed by atoms with Crippen molar-refractivity contribution >= 4 is 11.4 Å². The molecular weight excluding hydrogens is 376 g/mol. The van der Waals surface area contributed by atoms with Gasteiger partial charge < -0.3 is 10.2 Å². The maximum absolute atomic E-state index is 3.85. The zero-order chi connectivity index (χ0) is 22.2. The van der Waals surface area contributed by atoms with Gasteiger partial charge in [0.05, 0.1) is 0 Å². The molecule has 0 fully saturated rings. The summed E-state index contributed by atoms with van der Waals surface area (Å²) >= 11 is 0. The predicted octanol–water partition coefficient (Wildman–Crippen LogP) is 7.46. The highest BCUT2D eigenvalue weighted by Gasteiger charge is 2.04. The van der Waals surface area contributed by atoms with Crippen molar-refractivity contribution in [2.24, 2.45) is 0 Å². The number of allylic oxidation sites excluding steroid dienone is 14. The Hall–Kier alpha value is -3.78. The highest BCUT2D eigenvalue weighted by molar-refractivity contribution is 5.59. The molecular formula is C29H32N2. The molecule has 0 radical (unpaired) electrons. The van der Waals surface area contributed by atoms with Crippen LogP contribution in [0.4, 0.5) is 11.4 Å². The van der Waals surface area contributed by atoms with Crippen molar-refractivity contribution < 1.29 is 0 Å². The molecule has 0 amide bonds. The summed E-state index contributed by atoms with van der Waals surface area (Å²) in [6, 6.07) is 8.54. The molecule has 31 heavy (non-hydrogen) atoms. The molecule has 0 unspecified atom stereocenters. The second kappa shape index (κ2) is 14.2. The number of hydrogen-bond donors (Lipinski definition) is 1. The van der Waals surface area contributed by atoms with Gasteiger partial charge in [0, 0.05) is 30.2 Å². The van der Waals surface area contributed by atoms with E-state index in [4.69, 9.17) is 0 Å². The molecule has 2 rings (SSSR count). The molecule has 0 saturated heterocycles. The van der Waals surface area contributed by atoms with E-state index in [1.807, 2.05) is 30.4 Å². The van der Waals surface area contributed by atoms with Crippen molar-refractivity contribution in [2.45, 2.75) is 6.42 Å². The zero-order valence-corrected chi connectivity index (χ0v) is 18.2. The van der Waals surface area contributed by atoms with Gasteiger partial charge in [0.1, 0.15) is 0 Å². The fraction of sp³-hybridized carbons (Fsp3) is 0.103. The summed E-state index contributed by atoms with van der Waals surface area (Å²) in [6.07, 6.45) is 31.1.